The molecular weight excluding hydrogens is 210 g/mol. The molecule has 1 fully saturated rings. The van der Waals surface area contributed by atoms with Gasteiger partial charge in [-0.25, -0.2) is 4.98 Å². The molecular formula is C14H19N3. The molecule has 1 aromatic rings. The van der Waals surface area contributed by atoms with E-state index in [0.717, 1.165) is 11.7 Å². The van der Waals surface area contributed by atoms with Crippen molar-refractivity contribution in [3.63, 3.8) is 0 Å². The maximum Gasteiger partial charge on any atom is 0.142 e. The van der Waals surface area contributed by atoms with Crippen molar-refractivity contribution in [3.8, 4) is 6.07 Å². The third-order valence-electron chi connectivity index (χ3n) is 3.58. The topological polar surface area (TPSA) is 48.7 Å². The largest absolute Gasteiger partial charge is 0.367 e. The first-order valence-electron chi connectivity index (χ1n) is 6.45. The maximum atomic E-state index is 8.81. The van der Waals surface area contributed by atoms with Gasteiger partial charge in [0.2, 0.25) is 0 Å². The standard InChI is InChI=1S/C14H19N3/c1-2-11-5-3-6-12(9-11)16-14-8-4-7-13(10-15)17-14/h4,7-8,11-12H,2-3,5-6,9H2,1H3,(H,16,17). The lowest BCUT2D eigenvalue weighted by molar-refractivity contribution is 0.327. The Morgan fingerprint density at radius 1 is 1.47 bits per heavy atom. The minimum atomic E-state index is 0.484. The highest BCUT2D eigenvalue weighted by Gasteiger charge is 2.20. The van der Waals surface area contributed by atoms with Crippen LogP contribution in [0.15, 0.2) is 18.2 Å². The van der Waals surface area contributed by atoms with Gasteiger partial charge in [-0.3, -0.25) is 0 Å². The van der Waals surface area contributed by atoms with Crippen molar-refractivity contribution < 1.29 is 0 Å². The first kappa shape index (κ1) is 11.9. The summed E-state index contributed by atoms with van der Waals surface area (Å²) < 4.78 is 0. The normalized spacial score (nSPS) is 24.0. The van der Waals surface area contributed by atoms with Crippen LogP contribution >= 0.6 is 0 Å². The molecule has 1 heterocycles. The molecule has 0 amide bonds. The van der Waals surface area contributed by atoms with Crippen LogP contribution in [0.4, 0.5) is 5.82 Å². The third-order valence-corrected chi connectivity index (χ3v) is 3.58. The summed E-state index contributed by atoms with van der Waals surface area (Å²) in [5.41, 5.74) is 0.484. The van der Waals surface area contributed by atoms with Gasteiger partial charge in [-0.05, 0) is 30.9 Å². The number of hydrogen-bond donors (Lipinski definition) is 1. The SMILES string of the molecule is CCC1CCCC(Nc2cccc(C#N)n2)C1. The minimum absolute atomic E-state index is 0.484. The second kappa shape index (κ2) is 5.67. The summed E-state index contributed by atoms with van der Waals surface area (Å²) in [6, 6.07) is 8.16. The van der Waals surface area contributed by atoms with Gasteiger partial charge in [0, 0.05) is 6.04 Å². The second-order valence-corrected chi connectivity index (χ2v) is 4.80. The fourth-order valence-electron chi connectivity index (χ4n) is 2.58. The molecule has 1 aliphatic rings. The number of anilines is 1. The summed E-state index contributed by atoms with van der Waals surface area (Å²) in [5.74, 6) is 1.69. The van der Waals surface area contributed by atoms with Crippen molar-refractivity contribution in [2.45, 2.75) is 45.1 Å². The first-order chi connectivity index (χ1) is 8.31. The molecule has 0 aliphatic heterocycles. The Bertz CT molecular complexity index is 408. The molecule has 90 valence electrons. The van der Waals surface area contributed by atoms with E-state index < -0.39 is 0 Å². The highest BCUT2D eigenvalue weighted by Crippen LogP contribution is 2.28. The molecule has 1 aliphatic carbocycles. The summed E-state index contributed by atoms with van der Waals surface area (Å²) in [6.45, 7) is 2.27. The lowest BCUT2D eigenvalue weighted by atomic mass is 9.84. The second-order valence-electron chi connectivity index (χ2n) is 4.80. The van der Waals surface area contributed by atoms with Crippen LogP contribution in [-0.2, 0) is 0 Å². The van der Waals surface area contributed by atoms with Crippen molar-refractivity contribution >= 4 is 5.82 Å². The number of pyridine rings is 1. The number of hydrogen-bond acceptors (Lipinski definition) is 3. The van der Waals surface area contributed by atoms with Crippen LogP contribution in [-0.4, -0.2) is 11.0 Å². The van der Waals surface area contributed by atoms with Gasteiger partial charge in [0.15, 0.2) is 0 Å². The Kier molecular flexibility index (Phi) is 3.98. The van der Waals surface area contributed by atoms with Gasteiger partial charge in [-0.1, -0.05) is 32.3 Å². The van der Waals surface area contributed by atoms with E-state index in [2.05, 4.69) is 23.3 Å². The molecule has 17 heavy (non-hydrogen) atoms. The van der Waals surface area contributed by atoms with Gasteiger partial charge in [0.05, 0.1) is 0 Å². The Balaban J connectivity index is 1.98. The van der Waals surface area contributed by atoms with Crippen LogP contribution in [0.3, 0.4) is 0 Å². The summed E-state index contributed by atoms with van der Waals surface area (Å²) in [7, 11) is 0. The van der Waals surface area contributed by atoms with Gasteiger partial charge in [-0.2, -0.15) is 5.26 Å². The van der Waals surface area contributed by atoms with Gasteiger partial charge < -0.3 is 5.32 Å². The Hall–Kier alpha value is -1.56. The van der Waals surface area contributed by atoms with E-state index in [1.165, 1.54) is 32.1 Å². The molecule has 1 aromatic heterocycles. The molecule has 2 atom stereocenters. The quantitative estimate of drug-likeness (QED) is 0.864. The average molecular weight is 229 g/mol. The van der Waals surface area contributed by atoms with Gasteiger partial charge in [0.1, 0.15) is 17.6 Å². The van der Waals surface area contributed by atoms with E-state index >= 15 is 0 Å². The molecule has 2 unspecified atom stereocenters. The summed E-state index contributed by atoms with van der Waals surface area (Å²) >= 11 is 0. The van der Waals surface area contributed by atoms with E-state index in [1.54, 1.807) is 6.07 Å². The van der Waals surface area contributed by atoms with E-state index in [0.29, 0.717) is 11.7 Å². The van der Waals surface area contributed by atoms with Crippen LogP contribution in [0.2, 0.25) is 0 Å². The summed E-state index contributed by atoms with van der Waals surface area (Å²) in [6.07, 6.45) is 6.38. The monoisotopic (exact) mass is 229 g/mol. The molecule has 0 aromatic carbocycles. The van der Waals surface area contributed by atoms with Crippen LogP contribution in [0.5, 0.6) is 0 Å². The number of nitrogens with zero attached hydrogens (tertiary/aromatic N) is 2. The summed E-state index contributed by atoms with van der Waals surface area (Å²) in [5, 5.41) is 12.3. The van der Waals surface area contributed by atoms with Crippen molar-refractivity contribution in [1.82, 2.24) is 4.98 Å². The molecule has 3 nitrogen and oxygen atoms in total. The lowest BCUT2D eigenvalue weighted by Crippen LogP contribution is -2.27. The third kappa shape index (κ3) is 3.20. The van der Waals surface area contributed by atoms with Gasteiger partial charge in [0.25, 0.3) is 0 Å². The van der Waals surface area contributed by atoms with Crippen LogP contribution in [0.1, 0.15) is 44.7 Å². The van der Waals surface area contributed by atoms with Gasteiger partial charge >= 0.3 is 0 Å². The lowest BCUT2D eigenvalue weighted by Gasteiger charge is -2.29. The highest BCUT2D eigenvalue weighted by molar-refractivity contribution is 5.39. The molecule has 0 saturated heterocycles. The molecule has 3 heteroatoms. The predicted molar refractivity (Wildman–Crippen MR) is 68.6 cm³/mol. The van der Waals surface area contributed by atoms with Crippen LogP contribution in [0, 0.1) is 17.2 Å². The van der Waals surface area contributed by atoms with Crippen molar-refractivity contribution in [2.24, 2.45) is 5.92 Å². The molecule has 1 saturated carbocycles. The number of nitriles is 1. The van der Waals surface area contributed by atoms with E-state index in [9.17, 15) is 0 Å². The predicted octanol–water partition coefficient (Wildman–Crippen LogP) is 3.33. The van der Waals surface area contributed by atoms with Crippen molar-refractivity contribution in [2.75, 3.05) is 5.32 Å². The van der Waals surface area contributed by atoms with Gasteiger partial charge in [-0.15, -0.1) is 0 Å². The Morgan fingerprint density at radius 3 is 3.12 bits per heavy atom. The zero-order valence-corrected chi connectivity index (χ0v) is 10.3. The van der Waals surface area contributed by atoms with Crippen LogP contribution < -0.4 is 5.32 Å². The number of nitrogens with one attached hydrogen (secondary N) is 1. The average Bonchev–Trinajstić information content (AvgIpc) is 2.39. The highest BCUT2D eigenvalue weighted by atomic mass is 15.0. The van der Waals surface area contributed by atoms with E-state index in [4.69, 9.17) is 5.26 Å². The van der Waals surface area contributed by atoms with Crippen LogP contribution in [0.25, 0.3) is 0 Å². The molecule has 0 radical (unpaired) electrons. The summed E-state index contributed by atoms with van der Waals surface area (Å²) in [4.78, 5) is 4.26. The van der Waals surface area contributed by atoms with E-state index in [-0.39, 0.29) is 0 Å². The first-order valence-corrected chi connectivity index (χ1v) is 6.45. The zero-order chi connectivity index (χ0) is 12.1. The van der Waals surface area contributed by atoms with Crippen molar-refractivity contribution in [3.05, 3.63) is 23.9 Å². The van der Waals surface area contributed by atoms with Crippen molar-refractivity contribution in [1.29, 1.82) is 5.26 Å². The molecule has 0 spiro atoms. The zero-order valence-electron chi connectivity index (χ0n) is 10.3. The maximum absolute atomic E-state index is 8.81. The Labute approximate surface area is 103 Å². The number of rotatable bonds is 3. The number of aromatic nitrogens is 1. The molecule has 0 bridgehead atoms. The Morgan fingerprint density at radius 2 is 2.35 bits per heavy atom. The fourth-order valence-corrected chi connectivity index (χ4v) is 2.58. The minimum Gasteiger partial charge on any atom is -0.367 e. The molecule has 2 rings (SSSR count). The van der Waals surface area contributed by atoms with E-state index in [1.807, 2.05) is 12.1 Å². The fraction of sp³-hybridized carbons (Fsp3) is 0.571. The molecule has 1 N–H and O–H groups in total. The smallest absolute Gasteiger partial charge is 0.142 e.